The maximum atomic E-state index is 12.6. The van der Waals surface area contributed by atoms with E-state index in [0.29, 0.717) is 18.4 Å². The summed E-state index contributed by atoms with van der Waals surface area (Å²) in [4.78, 5) is 27.5. The first-order valence-corrected chi connectivity index (χ1v) is 7.70. The first-order valence-electron chi connectivity index (χ1n) is 7.70. The number of likely N-dealkylation sites (tertiary alicyclic amines) is 2. The summed E-state index contributed by atoms with van der Waals surface area (Å²) in [7, 11) is 0. The summed E-state index contributed by atoms with van der Waals surface area (Å²) in [5, 5.41) is 9.40. The van der Waals surface area contributed by atoms with Crippen molar-refractivity contribution in [1.29, 1.82) is 0 Å². The van der Waals surface area contributed by atoms with Gasteiger partial charge in [-0.1, -0.05) is 20.8 Å². The third-order valence-electron chi connectivity index (χ3n) is 4.87. The number of amides is 2. The lowest BCUT2D eigenvalue weighted by molar-refractivity contribution is -0.145. The summed E-state index contributed by atoms with van der Waals surface area (Å²) in [6.45, 7) is 8.40. The van der Waals surface area contributed by atoms with E-state index in [4.69, 9.17) is 0 Å². The second kappa shape index (κ2) is 6.02. The summed E-state index contributed by atoms with van der Waals surface area (Å²) in [6, 6.07) is -0.735. The number of urea groups is 1. The second-order valence-electron chi connectivity index (χ2n) is 6.62. The van der Waals surface area contributed by atoms with Gasteiger partial charge in [-0.2, -0.15) is 0 Å². The summed E-state index contributed by atoms with van der Waals surface area (Å²) in [5.41, 5.74) is 0. The molecule has 20 heavy (non-hydrogen) atoms. The highest BCUT2D eigenvalue weighted by atomic mass is 16.4. The van der Waals surface area contributed by atoms with Gasteiger partial charge >= 0.3 is 12.0 Å². The smallest absolute Gasteiger partial charge is 0.326 e. The van der Waals surface area contributed by atoms with Gasteiger partial charge in [0.25, 0.3) is 0 Å². The van der Waals surface area contributed by atoms with E-state index in [1.165, 1.54) is 0 Å². The number of hydrogen-bond donors (Lipinski definition) is 1. The van der Waals surface area contributed by atoms with Crippen LogP contribution in [0, 0.1) is 17.8 Å². The van der Waals surface area contributed by atoms with Crippen molar-refractivity contribution in [2.24, 2.45) is 17.8 Å². The third-order valence-corrected chi connectivity index (χ3v) is 4.87. The molecule has 2 rings (SSSR count). The van der Waals surface area contributed by atoms with Crippen LogP contribution in [0.5, 0.6) is 0 Å². The minimum atomic E-state index is -0.870. The average Bonchev–Trinajstić information content (AvgIpc) is 2.86. The van der Waals surface area contributed by atoms with E-state index < -0.39 is 12.0 Å². The summed E-state index contributed by atoms with van der Waals surface area (Å²) < 4.78 is 0. The molecule has 2 heterocycles. The van der Waals surface area contributed by atoms with Gasteiger partial charge in [0.15, 0.2) is 0 Å². The Hall–Kier alpha value is -1.26. The molecule has 5 heteroatoms. The molecule has 0 aromatic heterocycles. The normalized spacial score (nSPS) is 30.9. The van der Waals surface area contributed by atoms with Crippen LogP contribution in [0.2, 0.25) is 0 Å². The van der Waals surface area contributed by atoms with Crippen LogP contribution in [-0.2, 0) is 4.79 Å². The van der Waals surface area contributed by atoms with Gasteiger partial charge in [0.2, 0.25) is 0 Å². The Morgan fingerprint density at radius 1 is 1.20 bits per heavy atom. The van der Waals surface area contributed by atoms with E-state index in [1.807, 2.05) is 11.8 Å². The van der Waals surface area contributed by atoms with Gasteiger partial charge in [0.1, 0.15) is 6.04 Å². The lowest BCUT2D eigenvalue weighted by atomic mass is 9.91. The number of hydrogen-bond acceptors (Lipinski definition) is 2. The molecular formula is C15H26N2O3. The topological polar surface area (TPSA) is 60.9 Å². The van der Waals surface area contributed by atoms with Crippen LogP contribution in [0.25, 0.3) is 0 Å². The van der Waals surface area contributed by atoms with Gasteiger partial charge in [-0.25, -0.2) is 9.59 Å². The molecule has 3 unspecified atom stereocenters. The van der Waals surface area contributed by atoms with Crippen LogP contribution in [0.1, 0.15) is 40.0 Å². The Kier molecular flexibility index (Phi) is 4.55. The molecule has 0 saturated carbocycles. The Morgan fingerprint density at radius 2 is 1.90 bits per heavy atom. The van der Waals surface area contributed by atoms with Crippen molar-refractivity contribution in [3.05, 3.63) is 0 Å². The van der Waals surface area contributed by atoms with E-state index >= 15 is 0 Å². The molecule has 2 fully saturated rings. The van der Waals surface area contributed by atoms with Crippen molar-refractivity contribution in [2.75, 3.05) is 19.6 Å². The maximum Gasteiger partial charge on any atom is 0.326 e. The third kappa shape index (κ3) is 2.91. The molecule has 0 bridgehead atoms. The first-order chi connectivity index (χ1) is 9.41. The van der Waals surface area contributed by atoms with Crippen molar-refractivity contribution >= 4 is 12.0 Å². The Bertz CT molecular complexity index is 383. The summed E-state index contributed by atoms with van der Waals surface area (Å²) in [5.74, 6) is 0.284. The Balaban J connectivity index is 2.06. The number of carboxylic acid groups (broad SMARTS) is 1. The number of carboxylic acids is 1. The van der Waals surface area contributed by atoms with Crippen LogP contribution < -0.4 is 0 Å². The molecule has 1 N–H and O–H groups in total. The Labute approximate surface area is 120 Å². The van der Waals surface area contributed by atoms with Gasteiger partial charge in [-0.15, -0.1) is 0 Å². The van der Waals surface area contributed by atoms with Crippen LogP contribution in [-0.4, -0.2) is 52.6 Å². The second-order valence-corrected chi connectivity index (χ2v) is 6.62. The number of carbonyl (C=O) groups excluding carboxylic acids is 1. The number of carbonyl (C=O) groups is 2. The maximum absolute atomic E-state index is 12.6. The molecule has 3 atom stereocenters. The fraction of sp³-hybridized carbons (Fsp3) is 0.867. The Morgan fingerprint density at radius 3 is 2.45 bits per heavy atom. The number of rotatable bonds is 2. The molecule has 5 nitrogen and oxygen atoms in total. The lowest BCUT2D eigenvalue weighted by Crippen LogP contribution is -2.55. The fourth-order valence-corrected chi connectivity index (χ4v) is 3.47. The standard InChI is InChI=1S/C15H26N2O3/c1-10(2)12-6-8-16(9-12)15(20)17-7-4-5-11(3)13(17)14(18)19/h10-13H,4-9H2,1-3H3,(H,18,19). The van der Waals surface area contributed by atoms with Crippen LogP contribution in [0.3, 0.4) is 0 Å². The van der Waals surface area contributed by atoms with Gasteiger partial charge in [-0.3, -0.25) is 0 Å². The minimum Gasteiger partial charge on any atom is -0.480 e. The van der Waals surface area contributed by atoms with Crippen molar-refractivity contribution in [2.45, 2.75) is 46.1 Å². The molecule has 0 aromatic rings. The van der Waals surface area contributed by atoms with E-state index in [9.17, 15) is 14.7 Å². The van der Waals surface area contributed by atoms with Gasteiger partial charge < -0.3 is 14.9 Å². The molecule has 2 saturated heterocycles. The predicted molar refractivity (Wildman–Crippen MR) is 76.4 cm³/mol. The van der Waals surface area contributed by atoms with Crippen molar-refractivity contribution in [3.63, 3.8) is 0 Å². The van der Waals surface area contributed by atoms with Gasteiger partial charge in [0, 0.05) is 19.6 Å². The van der Waals surface area contributed by atoms with E-state index in [2.05, 4.69) is 13.8 Å². The molecule has 2 amide bonds. The quantitative estimate of drug-likeness (QED) is 0.845. The largest absolute Gasteiger partial charge is 0.480 e. The zero-order valence-electron chi connectivity index (χ0n) is 12.7. The first kappa shape index (κ1) is 15.1. The minimum absolute atomic E-state index is 0.0358. The number of aliphatic carboxylic acids is 1. The summed E-state index contributed by atoms with van der Waals surface area (Å²) >= 11 is 0. The molecular weight excluding hydrogens is 256 g/mol. The molecule has 0 spiro atoms. The zero-order chi connectivity index (χ0) is 14.9. The monoisotopic (exact) mass is 282 g/mol. The van der Waals surface area contributed by atoms with Crippen LogP contribution in [0.4, 0.5) is 4.79 Å². The van der Waals surface area contributed by atoms with Gasteiger partial charge in [0.05, 0.1) is 0 Å². The van der Waals surface area contributed by atoms with Crippen molar-refractivity contribution in [1.82, 2.24) is 9.80 Å². The van der Waals surface area contributed by atoms with Crippen LogP contribution in [0.15, 0.2) is 0 Å². The number of piperidine rings is 1. The van der Waals surface area contributed by atoms with E-state index in [0.717, 1.165) is 32.4 Å². The predicted octanol–water partition coefficient (Wildman–Crippen LogP) is 2.27. The molecule has 0 radical (unpaired) electrons. The number of nitrogens with zero attached hydrogens (tertiary/aromatic N) is 2. The van der Waals surface area contributed by atoms with E-state index in [1.54, 1.807) is 4.90 Å². The molecule has 0 aliphatic carbocycles. The average molecular weight is 282 g/mol. The van der Waals surface area contributed by atoms with Gasteiger partial charge in [-0.05, 0) is 37.0 Å². The SMILES string of the molecule is CC(C)C1CCN(C(=O)N2CCCC(C)C2C(=O)O)C1. The van der Waals surface area contributed by atoms with Crippen LogP contribution >= 0.6 is 0 Å². The highest BCUT2D eigenvalue weighted by Gasteiger charge is 2.40. The molecule has 2 aliphatic heterocycles. The lowest BCUT2D eigenvalue weighted by Gasteiger charge is -2.39. The van der Waals surface area contributed by atoms with E-state index in [-0.39, 0.29) is 11.9 Å². The molecule has 2 aliphatic rings. The van der Waals surface area contributed by atoms with Crippen molar-refractivity contribution in [3.8, 4) is 0 Å². The van der Waals surface area contributed by atoms with Crippen molar-refractivity contribution < 1.29 is 14.7 Å². The zero-order valence-corrected chi connectivity index (χ0v) is 12.7. The highest BCUT2D eigenvalue weighted by Crippen LogP contribution is 2.28. The molecule has 114 valence electrons. The molecule has 0 aromatic carbocycles. The highest BCUT2D eigenvalue weighted by molar-refractivity contribution is 5.83. The summed E-state index contributed by atoms with van der Waals surface area (Å²) in [6.07, 6.45) is 2.82. The fourth-order valence-electron chi connectivity index (χ4n) is 3.47.